The number of amides is 1. The number of aliphatic hydroxyl groups excluding tert-OH is 2. The number of hydrogen-bond donors (Lipinski definition) is 2. The van der Waals surface area contributed by atoms with Gasteiger partial charge in [-0.15, -0.1) is 0 Å². The largest absolute Gasteiger partial charge is 0.395 e. The molecule has 1 aromatic carbocycles. The first kappa shape index (κ1) is 14.1. The van der Waals surface area contributed by atoms with E-state index >= 15 is 0 Å². The molecule has 0 saturated carbocycles. The van der Waals surface area contributed by atoms with E-state index in [2.05, 4.69) is 15.9 Å². The van der Waals surface area contributed by atoms with Gasteiger partial charge in [0.05, 0.1) is 18.8 Å². The van der Waals surface area contributed by atoms with E-state index in [0.29, 0.717) is 4.47 Å². The molecule has 0 aliphatic rings. The first-order valence-corrected chi connectivity index (χ1v) is 5.85. The monoisotopic (exact) mass is 305 g/mol. The van der Waals surface area contributed by atoms with Crippen molar-refractivity contribution in [1.82, 2.24) is 4.90 Å². The molecule has 0 aliphatic carbocycles. The van der Waals surface area contributed by atoms with Crippen LogP contribution in [0.5, 0.6) is 0 Å². The quantitative estimate of drug-likeness (QED) is 0.854. The summed E-state index contributed by atoms with van der Waals surface area (Å²) in [6.07, 6.45) is 0. The molecule has 1 amide bonds. The minimum absolute atomic E-state index is 0.0609. The summed E-state index contributed by atoms with van der Waals surface area (Å²) in [5.41, 5.74) is -0.0822. The van der Waals surface area contributed by atoms with Crippen molar-refractivity contribution in [3.8, 4) is 0 Å². The fourth-order valence-corrected chi connectivity index (χ4v) is 1.75. The number of rotatable bonds is 5. The summed E-state index contributed by atoms with van der Waals surface area (Å²) < 4.78 is 14.1. The van der Waals surface area contributed by atoms with Gasteiger partial charge in [-0.1, -0.05) is 15.9 Å². The first-order chi connectivity index (χ1) is 8.10. The number of aliphatic hydroxyl groups is 2. The lowest BCUT2D eigenvalue weighted by Gasteiger charge is -2.20. The maximum Gasteiger partial charge on any atom is 0.257 e. The van der Waals surface area contributed by atoms with Crippen LogP contribution in [0.1, 0.15) is 10.4 Å². The summed E-state index contributed by atoms with van der Waals surface area (Å²) in [5.74, 6) is -1.18. The number of hydrogen-bond acceptors (Lipinski definition) is 3. The van der Waals surface area contributed by atoms with E-state index in [1.165, 1.54) is 23.1 Å². The molecule has 6 heteroatoms. The predicted molar refractivity (Wildman–Crippen MR) is 64.2 cm³/mol. The highest BCUT2D eigenvalue weighted by Crippen LogP contribution is 2.17. The van der Waals surface area contributed by atoms with Gasteiger partial charge in [0.2, 0.25) is 0 Å². The van der Waals surface area contributed by atoms with Crippen LogP contribution in [0.15, 0.2) is 22.7 Å². The maximum absolute atomic E-state index is 13.5. The van der Waals surface area contributed by atoms with Crippen LogP contribution in [0.2, 0.25) is 0 Å². The molecule has 0 heterocycles. The summed E-state index contributed by atoms with van der Waals surface area (Å²) in [4.78, 5) is 13.1. The van der Waals surface area contributed by atoms with Crippen LogP contribution in [-0.2, 0) is 0 Å². The second kappa shape index (κ2) is 6.68. The zero-order chi connectivity index (χ0) is 12.8. The van der Waals surface area contributed by atoms with Gasteiger partial charge in [0, 0.05) is 17.6 Å². The van der Waals surface area contributed by atoms with Gasteiger partial charge in [0.1, 0.15) is 5.82 Å². The van der Waals surface area contributed by atoms with Gasteiger partial charge in [-0.05, 0) is 18.2 Å². The smallest absolute Gasteiger partial charge is 0.257 e. The standard InChI is InChI=1S/C11H13BrFNO3/c12-8-1-2-10(13)9(7-8)11(17)14(3-5-15)4-6-16/h1-2,7,15-16H,3-6H2. The topological polar surface area (TPSA) is 60.8 Å². The molecule has 0 spiro atoms. The third-order valence-corrected chi connectivity index (χ3v) is 2.68. The Morgan fingerprint density at radius 2 is 1.88 bits per heavy atom. The molecular weight excluding hydrogens is 293 g/mol. The molecule has 17 heavy (non-hydrogen) atoms. The van der Waals surface area contributed by atoms with Crippen LogP contribution in [0, 0.1) is 5.82 Å². The van der Waals surface area contributed by atoms with Gasteiger partial charge in [0.15, 0.2) is 0 Å². The van der Waals surface area contributed by atoms with E-state index < -0.39 is 11.7 Å². The highest BCUT2D eigenvalue weighted by molar-refractivity contribution is 9.10. The average Bonchev–Trinajstić information content (AvgIpc) is 2.31. The van der Waals surface area contributed by atoms with E-state index in [-0.39, 0.29) is 31.9 Å². The molecule has 2 N–H and O–H groups in total. The van der Waals surface area contributed by atoms with Crippen molar-refractivity contribution in [3.63, 3.8) is 0 Å². The van der Waals surface area contributed by atoms with Crippen LogP contribution >= 0.6 is 15.9 Å². The normalized spacial score (nSPS) is 10.4. The zero-order valence-electron chi connectivity index (χ0n) is 9.07. The zero-order valence-corrected chi connectivity index (χ0v) is 10.7. The van der Waals surface area contributed by atoms with E-state index in [1.54, 1.807) is 0 Å². The Kier molecular flexibility index (Phi) is 5.54. The van der Waals surface area contributed by atoms with Gasteiger partial charge in [-0.2, -0.15) is 0 Å². The highest BCUT2D eigenvalue weighted by Gasteiger charge is 2.18. The molecule has 1 aromatic rings. The van der Waals surface area contributed by atoms with Crippen LogP contribution in [0.3, 0.4) is 0 Å². The molecule has 4 nitrogen and oxygen atoms in total. The van der Waals surface area contributed by atoms with E-state index in [1.807, 2.05) is 0 Å². The summed E-state index contributed by atoms with van der Waals surface area (Å²) in [7, 11) is 0. The molecule has 94 valence electrons. The molecule has 0 aromatic heterocycles. The van der Waals surface area contributed by atoms with Gasteiger partial charge >= 0.3 is 0 Å². The first-order valence-electron chi connectivity index (χ1n) is 5.06. The summed E-state index contributed by atoms with van der Waals surface area (Å²) in [5, 5.41) is 17.6. The van der Waals surface area contributed by atoms with Crippen molar-refractivity contribution in [3.05, 3.63) is 34.1 Å². The Morgan fingerprint density at radius 1 is 1.29 bits per heavy atom. The number of carbonyl (C=O) groups excluding carboxylic acids is 1. The Hall–Kier alpha value is -0.980. The maximum atomic E-state index is 13.5. The average molecular weight is 306 g/mol. The highest BCUT2D eigenvalue weighted by atomic mass is 79.9. The third kappa shape index (κ3) is 3.76. The Balaban J connectivity index is 2.95. The number of halogens is 2. The lowest BCUT2D eigenvalue weighted by Crippen LogP contribution is -2.36. The second-order valence-electron chi connectivity index (χ2n) is 3.36. The molecule has 0 atom stereocenters. The van der Waals surface area contributed by atoms with Crippen LogP contribution in [0.4, 0.5) is 4.39 Å². The van der Waals surface area contributed by atoms with Crippen molar-refractivity contribution < 1.29 is 19.4 Å². The second-order valence-corrected chi connectivity index (χ2v) is 4.28. The SMILES string of the molecule is O=C(c1cc(Br)ccc1F)N(CCO)CCO. The molecule has 0 bridgehead atoms. The Morgan fingerprint density at radius 3 is 2.41 bits per heavy atom. The van der Waals surface area contributed by atoms with Gasteiger partial charge in [-0.3, -0.25) is 4.79 Å². The van der Waals surface area contributed by atoms with Crippen molar-refractivity contribution in [2.45, 2.75) is 0 Å². The van der Waals surface area contributed by atoms with E-state index in [0.717, 1.165) is 0 Å². The number of nitrogens with zero attached hydrogens (tertiary/aromatic N) is 1. The van der Waals surface area contributed by atoms with Gasteiger partial charge < -0.3 is 15.1 Å². The van der Waals surface area contributed by atoms with Gasteiger partial charge in [-0.25, -0.2) is 4.39 Å². The van der Waals surface area contributed by atoms with E-state index in [4.69, 9.17) is 10.2 Å². The fourth-order valence-electron chi connectivity index (χ4n) is 1.39. The molecule has 1 rings (SSSR count). The lowest BCUT2D eigenvalue weighted by molar-refractivity contribution is 0.0680. The van der Waals surface area contributed by atoms with Crippen LogP contribution < -0.4 is 0 Å². The minimum Gasteiger partial charge on any atom is -0.395 e. The Bertz CT molecular complexity index is 394. The van der Waals surface area contributed by atoms with Crippen molar-refractivity contribution in [1.29, 1.82) is 0 Å². The predicted octanol–water partition coefficient (Wildman–Crippen LogP) is 1.01. The molecule has 0 radical (unpaired) electrons. The Labute approximate surface area is 107 Å². The fraction of sp³-hybridized carbons (Fsp3) is 0.364. The van der Waals surface area contributed by atoms with Crippen molar-refractivity contribution in [2.24, 2.45) is 0 Å². The third-order valence-electron chi connectivity index (χ3n) is 2.19. The van der Waals surface area contributed by atoms with E-state index in [9.17, 15) is 9.18 Å². The molecule has 0 saturated heterocycles. The van der Waals surface area contributed by atoms with Gasteiger partial charge in [0.25, 0.3) is 5.91 Å². The lowest BCUT2D eigenvalue weighted by atomic mass is 10.2. The van der Waals surface area contributed by atoms with Crippen LogP contribution in [0.25, 0.3) is 0 Å². The van der Waals surface area contributed by atoms with Crippen molar-refractivity contribution in [2.75, 3.05) is 26.3 Å². The summed E-state index contributed by atoms with van der Waals surface area (Å²) >= 11 is 3.16. The molecule has 0 fully saturated rings. The summed E-state index contributed by atoms with van der Waals surface area (Å²) in [6.45, 7) is -0.348. The van der Waals surface area contributed by atoms with Crippen molar-refractivity contribution >= 4 is 21.8 Å². The molecule has 0 unspecified atom stereocenters. The molecular formula is C11H13BrFNO3. The minimum atomic E-state index is -0.626. The number of carbonyl (C=O) groups is 1. The summed E-state index contributed by atoms with van der Waals surface area (Å²) in [6, 6.07) is 4.06. The molecule has 0 aliphatic heterocycles. The number of benzene rings is 1. The van der Waals surface area contributed by atoms with Crippen LogP contribution in [-0.4, -0.2) is 47.3 Å².